The minimum absolute atomic E-state index is 0.157. The van der Waals surface area contributed by atoms with Crippen molar-refractivity contribution in [1.29, 1.82) is 0 Å². The first kappa shape index (κ1) is 24.2. The maximum absolute atomic E-state index is 12.3. The van der Waals surface area contributed by atoms with E-state index in [1.165, 1.54) is 39.4 Å². The summed E-state index contributed by atoms with van der Waals surface area (Å²) in [4.78, 5) is 24.4. The average molecular weight is 493 g/mol. The highest BCUT2D eigenvalue weighted by molar-refractivity contribution is 6.42. The van der Waals surface area contributed by atoms with Crippen molar-refractivity contribution in [3.05, 3.63) is 56.0 Å². The van der Waals surface area contributed by atoms with Gasteiger partial charge in [-0.2, -0.15) is 0 Å². The lowest BCUT2D eigenvalue weighted by Crippen LogP contribution is -2.29. The molecule has 0 spiro atoms. The molecule has 160 valence electrons. The topological polar surface area (TPSA) is 73.9 Å². The Balaban J connectivity index is 2.04. The minimum Gasteiger partial charge on any atom is -0.493 e. The number of ether oxygens (including phenoxy) is 3. The number of methoxy groups -OCH3 is 2. The molecule has 1 amide bonds. The molecule has 0 saturated heterocycles. The third kappa shape index (κ3) is 6.19. The van der Waals surface area contributed by atoms with Gasteiger partial charge in [0.15, 0.2) is 17.6 Å². The molecule has 1 N–H and O–H groups in total. The normalized spacial score (nSPS) is 11.8. The monoisotopic (exact) mass is 491 g/mol. The van der Waals surface area contributed by atoms with Crippen LogP contribution in [0.5, 0.6) is 11.5 Å². The highest BCUT2D eigenvalue weighted by Crippen LogP contribution is 2.36. The second-order valence-electron chi connectivity index (χ2n) is 5.88. The molecule has 10 heteroatoms. The number of benzene rings is 2. The van der Waals surface area contributed by atoms with Crippen LogP contribution in [0.2, 0.25) is 20.1 Å². The molecule has 2 rings (SSSR count). The Labute approximate surface area is 193 Å². The van der Waals surface area contributed by atoms with Gasteiger partial charge in [0, 0.05) is 11.1 Å². The highest BCUT2D eigenvalue weighted by atomic mass is 35.5. The molecular formula is C20H17Cl4NO5. The Morgan fingerprint density at radius 1 is 0.967 bits per heavy atom. The summed E-state index contributed by atoms with van der Waals surface area (Å²) < 4.78 is 15.5. The van der Waals surface area contributed by atoms with Crippen molar-refractivity contribution in [2.24, 2.45) is 0 Å². The van der Waals surface area contributed by atoms with Crippen LogP contribution < -0.4 is 14.8 Å². The summed E-state index contributed by atoms with van der Waals surface area (Å²) in [6.45, 7) is 1.41. The molecule has 2 aromatic carbocycles. The van der Waals surface area contributed by atoms with Gasteiger partial charge in [-0.3, -0.25) is 4.79 Å². The fraction of sp³-hybridized carbons (Fsp3) is 0.200. The molecule has 0 fully saturated rings. The molecular weight excluding hydrogens is 476 g/mol. The highest BCUT2D eigenvalue weighted by Gasteiger charge is 2.19. The predicted octanol–water partition coefficient (Wildman–Crippen LogP) is 5.90. The van der Waals surface area contributed by atoms with Crippen LogP contribution in [-0.4, -0.2) is 32.2 Å². The maximum atomic E-state index is 12.3. The number of amides is 1. The van der Waals surface area contributed by atoms with Crippen LogP contribution in [0.15, 0.2) is 30.3 Å². The molecule has 0 aliphatic heterocycles. The Morgan fingerprint density at radius 3 is 2.17 bits per heavy atom. The van der Waals surface area contributed by atoms with Gasteiger partial charge in [0.05, 0.1) is 35.0 Å². The van der Waals surface area contributed by atoms with Crippen LogP contribution in [-0.2, 0) is 14.3 Å². The fourth-order valence-corrected chi connectivity index (χ4v) is 3.56. The molecule has 0 saturated carbocycles. The molecule has 1 unspecified atom stereocenters. The number of esters is 1. The molecule has 0 aliphatic rings. The van der Waals surface area contributed by atoms with Gasteiger partial charge in [0.25, 0.3) is 5.91 Å². The molecule has 0 bridgehead atoms. The van der Waals surface area contributed by atoms with Crippen molar-refractivity contribution < 1.29 is 23.8 Å². The van der Waals surface area contributed by atoms with Crippen LogP contribution in [0.25, 0.3) is 6.08 Å². The van der Waals surface area contributed by atoms with Crippen molar-refractivity contribution >= 4 is 70.0 Å². The molecule has 2 aromatic rings. The quantitative estimate of drug-likeness (QED) is 0.384. The maximum Gasteiger partial charge on any atom is 0.331 e. The zero-order valence-electron chi connectivity index (χ0n) is 16.1. The van der Waals surface area contributed by atoms with E-state index in [4.69, 9.17) is 60.6 Å². The van der Waals surface area contributed by atoms with E-state index in [2.05, 4.69) is 5.32 Å². The summed E-state index contributed by atoms with van der Waals surface area (Å²) in [6, 6.07) is 6.08. The SMILES string of the molecule is COc1cc(/C=C/C(=O)OC(C)C(=O)Nc2c(Cl)cc(Cl)cc2Cl)cc(Cl)c1OC. The van der Waals surface area contributed by atoms with Crippen molar-refractivity contribution in [2.75, 3.05) is 19.5 Å². The zero-order chi connectivity index (χ0) is 22.4. The summed E-state index contributed by atoms with van der Waals surface area (Å²) in [5.41, 5.74) is 0.748. The number of anilines is 1. The van der Waals surface area contributed by atoms with Gasteiger partial charge >= 0.3 is 5.97 Å². The number of hydrogen-bond donors (Lipinski definition) is 1. The number of carbonyl (C=O) groups is 2. The van der Waals surface area contributed by atoms with E-state index in [0.717, 1.165) is 6.08 Å². The van der Waals surface area contributed by atoms with E-state index in [9.17, 15) is 9.59 Å². The van der Waals surface area contributed by atoms with Gasteiger partial charge in [-0.1, -0.05) is 46.4 Å². The Morgan fingerprint density at radius 2 is 1.60 bits per heavy atom. The van der Waals surface area contributed by atoms with Crippen molar-refractivity contribution in [1.82, 2.24) is 0 Å². The standard InChI is InChI=1S/C20H17Cl4NO5/c1-10(20(27)25-18-13(22)8-12(21)9-14(18)23)30-17(26)5-4-11-6-15(24)19(29-3)16(7-11)28-2/h4-10H,1-3H3,(H,25,27)/b5-4+. The zero-order valence-corrected chi connectivity index (χ0v) is 19.1. The number of carbonyl (C=O) groups excluding carboxylic acids is 2. The van der Waals surface area contributed by atoms with E-state index >= 15 is 0 Å². The smallest absolute Gasteiger partial charge is 0.331 e. The lowest BCUT2D eigenvalue weighted by Gasteiger charge is -2.14. The predicted molar refractivity (Wildman–Crippen MR) is 119 cm³/mol. The van der Waals surface area contributed by atoms with Gasteiger partial charge in [-0.05, 0) is 42.8 Å². The van der Waals surface area contributed by atoms with Gasteiger partial charge in [0.2, 0.25) is 0 Å². The summed E-state index contributed by atoms with van der Waals surface area (Å²) >= 11 is 24.0. The van der Waals surface area contributed by atoms with Gasteiger partial charge < -0.3 is 19.5 Å². The third-order valence-electron chi connectivity index (χ3n) is 3.78. The fourth-order valence-electron chi connectivity index (χ4n) is 2.35. The summed E-state index contributed by atoms with van der Waals surface area (Å²) in [5.74, 6) is -0.569. The number of rotatable bonds is 7. The second-order valence-corrected chi connectivity index (χ2v) is 7.54. The molecule has 0 radical (unpaired) electrons. The molecule has 0 aliphatic carbocycles. The first-order valence-electron chi connectivity index (χ1n) is 8.41. The van der Waals surface area contributed by atoms with Crippen LogP contribution in [0.4, 0.5) is 5.69 Å². The Hall–Kier alpha value is -2.12. The van der Waals surface area contributed by atoms with E-state index < -0.39 is 18.0 Å². The average Bonchev–Trinajstić information content (AvgIpc) is 2.68. The van der Waals surface area contributed by atoms with Gasteiger partial charge in [0.1, 0.15) is 0 Å². The molecule has 1 atom stereocenters. The minimum atomic E-state index is -1.11. The first-order valence-corrected chi connectivity index (χ1v) is 9.93. The number of halogens is 4. The summed E-state index contributed by atoms with van der Waals surface area (Å²) in [5, 5.41) is 3.46. The van der Waals surface area contributed by atoms with E-state index in [0.29, 0.717) is 27.1 Å². The van der Waals surface area contributed by atoms with Gasteiger partial charge in [-0.15, -0.1) is 0 Å². The molecule has 0 aromatic heterocycles. The van der Waals surface area contributed by atoms with Crippen molar-refractivity contribution in [3.63, 3.8) is 0 Å². The number of hydrogen-bond acceptors (Lipinski definition) is 5. The molecule has 30 heavy (non-hydrogen) atoms. The molecule has 6 nitrogen and oxygen atoms in total. The van der Waals surface area contributed by atoms with Crippen molar-refractivity contribution in [3.8, 4) is 11.5 Å². The largest absolute Gasteiger partial charge is 0.493 e. The Kier molecular flexibility index (Phi) is 8.67. The summed E-state index contributed by atoms with van der Waals surface area (Å²) in [6.07, 6.45) is 1.51. The molecule has 0 heterocycles. The van der Waals surface area contributed by atoms with Crippen LogP contribution >= 0.6 is 46.4 Å². The van der Waals surface area contributed by atoms with E-state index in [1.807, 2.05) is 0 Å². The van der Waals surface area contributed by atoms with Crippen LogP contribution in [0.3, 0.4) is 0 Å². The second kappa shape index (κ2) is 10.8. The number of nitrogens with one attached hydrogen (secondary N) is 1. The Bertz CT molecular complexity index is 970. The van der Waals surface area contributed by atoms with E-state index in [1.54, 1.807) is 12.1 Å². The lowest BCUT2D eigenvalue weighted by molar-refractivity contribution is -0.148. The first-order chi connectivity index (χ1) is 14.2. The summed E-state index contributed by atoms with van der Waals surface area (Å²) in [7, 11) is 2.93. The third-order valence-corrected chi connectivity index (χ3v) is 4.88. The van der Waals surface area contributed by atoms with Gasteiger partial charge in [-0.25, -0.2) is 4.79 Å². The van der Waals surface area contributed by atoms with Crippen LogP contribution in [0.1, 0.15) is 12.5 Å². The van der Waals surface area contributed by atoms with Crippen LogP contribution in [0, 0.1) is 0 Å². The lowest BCUT2D eigenvalue weighted by atomic mass is 10.2. The van der Waals surface area contributed by atoms with Crippen molar-refractivity contribution in [2.45, 2.75) is 13.0 Å². The van der Waals surface area contributed by atoms with E-state index in [-0.39, 0.29) is 15.7 Å².